The summed E-state index contributed by atoms with van der Waals surface area (Å²) in [4.78, 5) is 41.4. The SMILES string of the molecule is COc1cc2c(c(OC)c1OC)-c1ccc(NCC(=O)NCCc3c[nH]c4ccc(F)cc34)c(=O)cc1C(NC(C)=O)CC2. The van der Waals surface area contributed by atoms with Gasteiger partial charge in [-0.05, 0) is 77.9 Å². The summed E-state index contributed by atoms with van der Waals surface area (Å²) in [5.74, 6) is 0.538. The summed E-state index contributed by atoms with van der Waals surface area (Å²) in [6.45, 7) is 1.64. The van der Waals surface area contributed by atoms with Crippen molar-refractivity contribution in [2.24, 2.45) is 0 Å². The third-order valence-electron chi connectivity index (χ3n) is 7.80. The Morgan fingerprint density at radius 1 is 1.02 bits per heavy atom. The Balaban J connectivity index is 1.40. The topological polar surface area (TPSA) is 131 Å². The average Bonchev–Trinajstić information content (AvgIpc) is 3.25. The standard InChI is InChI=1S/C33H35FN4O6/c1-18(39)38-26-8-5-19-13-29(42-2)32(43-3)33(44-4)31(19)22-7-10-27(28(40)15-24(22)26)37-17-30(41)35-12-11-20-16-36-25-9-6-21(34)14-23(20)25/h6-7,9-10,13-16,26,36H,5,8,11-12,17H2,1-4H3,(H,35,41)(H,37,40)(H,38,39). The van der Waals surface area contributed by atoms with Crippen molar-refractivity contribution in [3.05, 3.63) is 81.4 Å². The molecule has 0 fully saturated rings. The Bertz CT molecular complexity index is 1790. The molecule has 230 valence electrons. The molecule has 1 unspecified atom stereocenters. The summed E-state index contributed by atoms with van der Waals surface area (Å²) < 4.78 is 30.7. The van der Waals surface area contributed by atoms with Crippen LogP contribution in [0.15, 0.2) is 53.5 Å². The van der Waals surface area contributed by atoms with Gasteiger partial charge < -0.3 is 35.1 Å². The van der Waals surface area contributed by atoms with Gasteiger partial charge in [0.2, 0.25) is 23.0 Å². The highest BCUT2D eigenvalue weighted by Gasteiger charge is 2.29. The number of halogens is 1. The first kappa shape index (κ1) is 30.4. The number of aryl methyl sites for hydroxylation is 1. The summed E-state index contributed by atoms with van der Waals surface area (Å²) in [6, 6.07) is 10.9. The summed E-state index contributed by atoms with van der Waals surface area (Å²) in [5.41, 5.74) is 4.58. The van der Waals surface area contributed by atoms with Gasteiger partial charge in [0.25, 0.3) is 0 Å². The molecule has 0 radical (unpaired) electrons. The van der Waals surface area contributed by atoms with E-state index < -0.39 is 6.04 Å². The van der Waals surface area contributed by atoms with Crippen molar-refractivity contribution in [1.29, 1.82) is 0 Å². The van der Waals surface area contributed by atoms with Crippen LogP contribution < -0.4 is 35.6 Å². The molecule has 0 bridgehead atoms. The Morgan fingerprint density at radius 3 is 2.55 bits per heavy atom. The van der Waals surface area contributed by atoms with E-state index in [4.69, 9.17) is 14.2 Å². The molecule has 0 saturated heterocycles. The number of fused-ring (bicyclic) bond motifs is 4. The van der Waals surface area contributed by atoms with Crippen molar-refractivity contribution >= 4 is 28.4 Å². The highest BCUT2D eigenvalue weighted by Crippen LogP contribution is 2.50. The van der Waals surface area contributed by atoms with Crippen LogP contribution in [0.25, 0.3) is 22.0 Å². The lowest BCUT2D eigenvalue weighted by Gasteiger charge is -2.19. The zero-order valence-corrected chi connectivity index (χ0v) is 25.1. The number of hydrogen-bond donors (Lipinski definition) is 4. The van der Waals surface area contributed by atoms with Gasteiger partial charge in [-0.3, -0.25) is 14.4 Å². The third-order valence-corrected chi connectivity index (χ3v) is 7.80. The molecular weight excluding hydrogens is 567 g/mol. The van der Waals surface area contributed by atoms with Crippen LogP contribution in [0.2, 0.25) is 0 Å². The lowest BCUT2D eigenvalue weighted by Crippen LogP contribution is -2.32. The molecular formula is C33H35FN4O6. The molecule has 1 aromatic heterocycles. The smallest absolute Gasteiger partial charge is 0.239 e. The first-order valence-corrected chi connectivity index (χ1v) is 14.3. The maximum atomic E-state index is 13.7. The third kappa shape index (κ3) is 6.17. The number of aromatic nitrogens is 1. The highest BCUT2D eigenvalue weighted by atomic mass is 19.1. The van der Waals surface area contributed by atoms with E-state index in [0.29, 0.717) is 54.2 Å². The summed E-state index contributed by atoms with van der Waals surface area (Å²) in [5, 5.41) is 9.55. The van der Waals surface area contributed by atoms with E-state index in [-0.39, 0.29) is 35.3 Å². The number of rotatable bonds is 10. The van der Waals surface area contributed by atoms with Gasteiger partial charge in [0.1, 0.15) is 5.82 Å². The van der Waals surface area contributed by atoms with Gasteiger partial charge in [-0.1, -0.05) is 6.07 Å². The first-order valence-electron chi connectivity index (χ1n) is 14.3. The van der Waals surface area contributed by atoms with Crippen LogP contribution in [-0.2, 0) is 22.4 Å². The fraction of sp³-hybridized carbons (Fsp3) is 0.303. The molecule has 44 heavy (non-hydrogen) atoms. The van der Waals surface area contributed by atoms with Gasteiger partial charge in [0, 0.05) is 36.1 Å². The van der Waals surface area contributed by atoms with Crippen LogP contribution in [0.5, 0.6) is 17.2 Å². The van der Waals surface area contributed by atoms with Crippen molar-refractivity contribution in [2.45, 2.75) is 32.2 Å². The zero-order chi connectivity index (χ0) is 31.4. The molecule has 1 atom stereocenters. The molecule has 10 nitrogen and oxygen atoms in total. The van der Waals surface area contributed by atoms with Crippen LogP contribution in [0.1, 0.15) is 36.1 Å². The van der Waals surface area contributed by atoms with Gasteiger partial charge >= 0.3 is 0 Å². The minimum absolute atomic E-state index is 0.132. The van der Waals surface area contributed by atoms with E-state index in [0.717, 1.165) is 27.6 Å². The number of aromatic amines is 1. The summed E-state index contributed by atoms with van der Waals surface area (Å²) in [7, 11) is 4.62. The molecule has 11 heteroatoms. The molecule has 1 aliphatic carbocycles. The number of anilines is 1. The Hall–Kier alpha value is -5.06. The monoisotopic (exact) mass is 602 g/mol. The number of ether oxygens (including phenoxy) is 3. The molecule has 0 aliphatic heterocycles. The fourth-order valence-electron chi connectivity index (χ4n) is 5.79. The summed E-state index contributed by atoms with van der Waals surface area (Å²) >= 11 is 0. The van der Waals surface area contributed by atoms with E-state index in [1.54, 1.807) is 31.5 Å². The summed E-state index contributed by atoms with van der Waals surface area (Å²) in [6.07, 6.45) is 3.44. The molecule has 0 spiro atoms. The number of hydrogen-bond acceptors (Lipinski definition) is 7. The molecule has 3 aromatic carbocycles. The molecule has 2 amide bonds. The van der Waals surface area contributed by atoms with Crippen LogP contribution >= 0.6 is 0 Å². The zero-order valence-electron chi connectivity index (χ0n) is 25.1. The number of carbonyl (C=O) groups is 2. The maximum absolute atomic E-state index is 13.7. The van der Waals surface area contributed by atoms with Crippen molar-refractivity contribution in [3.63, 3.8) is 0 Å². The number of methoxy groups -OCH3 is 3. The van der Waals surface area contributed by atoms with Gasteiger partial charge in [0.05, 0.1) is 39.6 Å². The quantitative estimate of drug-likeness (QED) is 0.214. The Kier molecular flexibility index (Phi) is 9.03. The van der Waals surface area contributed by atoms with Crippen molar-refractivity contribution in [3.8, 4) is 28.4 Å². The van der Waals surface area contributed by atoms with Crippen molar-refractivity contribution in [2.75, 3.05) is 39.7 Å². The number of nitrogens with one attached hydrogen (secondary N) is 4. The second-order valence-corrected chi connectivity index (χ2v) is 10.6. The number of benzene rings is 2. The molecule has 0 saturated carbocycles. The normalized spacial score (nSPS) is 13.7. The minimum Gasteiger partial charge on any atom is -0.493 e. The number of carbonyl (C=O) groups excluding carboxylic acids is 2. The average molecular weight is 603 g/mol. The second-order valence-electron chi connectivity index (χ2n) is 10.6. The fourth-order valence-corrected chi connectivity index (χ4v) is 5.79. The van der Waals surface area contributed by atoms with Crippen molar-refractivity contribution < 1.29 is 28.2 Å². The predicted molar refractivity (Wildman–Crippen MR) is 166 cm³/mol. The lowest BCUT2D eigenvalue weighted by atomic mass is 9.95. The van der Waals surface area contributed by atoms with Crippen molar-refractivity contribution in [1.82, 2.24) is 15.6 Å². The van der Waals surface area contributed by atoms with E-state index in [1.807, 2.05) is 6.07 Å². The van der Waals surface area contributed by atoms with Gasteiger partial charge in [-0.2, -0.15) is 0 Å². The Morgan fingerprint density at radius 2 is 1.82 bits per heavy atom. The highest BCUT2D eigenvalue weighted by molar-refractivity contribution is 5.85. The van der Waals surface area contributed by atoms with Gasteiger partial charge in [0.15, 0.2) is 11.5 Å². The van der Waals surface area contributed by atoms with Crippen LogP contribution in [0.3, 0.4) is 0 Å². The first-order chi connectivity index (χ1) is 21.2. The van der Waals surface area contributed by atoms with E-state index in [1.165, 1.54) is 39.3 Å². The molecule has 1 aliphatic rings. The number of H-pyrrole nitrogens is 1. The van der Waals surface area contributed by atoms with E-state index in [2.05, 4.69) is 20.9 Å². The lowest BCUT2D eigenvalue weighted by molar-refractivity contribution is -0.120. The molecule has 1 heterocycles. The number of amides is 2. The predicted octanol–water partition coefficient (Wildman–Crippen LogP) is 4.25. The second kappa shape index (κ2) is 13.1. The molecule has 4 aromatic rings. The van der Waals surface area contributed by atoms with E-state index in [9.17, 15) is 18.8 Å². The minimum atomic E-state index is -0.439. The van der Waals surface area contributed by atoms with Gasteiger partial charge in [-0.25, -0.2) is 4.39 Å². The molecule has 4 N–H and O–H groups in total. The van der Waals surface area contributed by atoms with Gasteiger partial charge in [-0.15, -0.1) is 0 Å². The van der Waals surface area contributed by atoms with Crippen LogP contribution in [-0.4, -0.2) is 51.2 Å². The van der Waals surface area contributed by atoms with Crippen LogP contribution in [0.4, 0.5) is 10.1 Å². The van der Waals surface area contributed by atoms with E-state index >= 15 is 0 Å². The van der Waals surface area contributed by atoms with Crippen LogP contribution in [0, 0.1) is 5.82 Å². The largest absolute Gasteiger partial charge is 0.493 e. The maximum Gasteiger partial charge on any atom is 0.239 e. The molecule has 5 rings (SSSR count). The Labute approximate surface area is 253 Å².